The first-order valence-corrected chi connectivity index (χ1v) is 7.21. The molecule has 0 heterocycles. The molecule has 3 unspecified atom stereocenters. The second kappa shape index (κ2) is 6.20. The van der Waals surface area contributed by atoms with E-state index in [1.54, 1.807) is 0 Å². The molecule has 1 aliphatic rings. The summed E-state index contributed by atoms with van der Waals surface area (Å²) in [7, 11) is 0. The van der Waals surface area contributed by atoms with Gasteiger partial charge in [0.2, 0.25) is 5.91 Å². The van der Waals surface area contributed by atoms with Crippen LogP contribution in [0.1, 0.15) is 49.8 Å². The average Bonchev–Trinajstić information content (AvgIpc) is 2.39. The summed E-state index contributed by atoms with van der Waals surface area (Å²) in [5.41, 5.74) is 8.46. The summed E-state index contributed by atoms with van der Waals surface area (Å²) >= 11 is 0. The van der Waals surface area contributed by atoms with Crippen molar-refractivity contribution in [3.63, 3.8) is 0 Å². The maximum atomic E-state index is 12.3. The van der Waals surface area contributed by atoms with Crippen molar-refractivity contribution >= 4 is 5.91 Å². The second-order valence-corrected chi connectivity index (χ2v) is 5.64. The van der Waals surface area contributed by atoms with Crippen molar-refractivity contribution in [1.82, 2.24) is 5.32 Å². The van der Waals surface area contributed by atoms with Crippen LogP contribution in [0.25, 0.3) is 0 Å². The number of amides is 1. The third-order valence-corrected chi connectivity index (χ3v) is 4.17. The van der Waals surface area contributed by atoms with Crippen LogP contribution >= 0.6 is 0 Å². The summed E-state index contributed by atoms with van der Waals surface area (Å²) in [5, 5.41) is 3.12. The molecule has 1 fully saturated rings. The lowest BCUT2D eigenvalue weighted by atomic mass is 9.84. The molecule has 3 N–H and O–H groups in total. The molecular weight excluding hydrogens is 236 g/mol. The Kier molecular flexibility index (Phi) is 4.59. The fourth-order valence-corrected chi connectivity index (χ4v) is 2.96. The van der Waals surface area contributed by atoms with Crippen LogP contribution in [0, 0.1) is 12.8 Å². The van der Waals surface area contributed by atoms with Gasteiger partial charge in [-0.25, -0.2) is 0 Å². The normalized spacial score (nSPS) is 24.8. The van der Waals surface area contributed by atoms with Gasteiger partial charge >= 0.3 is 0 Å². The number of hydrogen-bond donors (Lipinski definition) is 2. The number of carbonyl (C=O) groups is 1. The number of aryl methyl sites for hydroxylation is 1. The van der Waals surface area contributed by atoms with Crippen LogP contribution < -0.4 is 11.1 Å². The summed E-state index contributed by atoms with van der Waals surface area (Å²) in [4.78, 5) is 12.3. The quantitative estimate of drug-likeness (QED) is 0.878. The Balaban J connectivity index is 2.00. The lowest BCUT2D eigenvalue weighted by molar-refractivity contribution is -0.127. The molecular formula is C16H24N2O. The average molecular weight is 260 g/mol. The molecule has 0 radical (unpaired) electrons. The SMILES string of the molecule is Cc1ccccc1C(C)NC(=O)C1CCCCC1N. The van der Waals surface area contributed by atoms with Gasteiger partial charge in [-0.1, -0.05) is 37.1 Å². The fourth-order valence-electron chi connectivity index (χ4n) is 2.96. The van der Waals surface area contributed by atoms with Crippen molar-refractivity contribution in [3.05, 3.63) is 35.4 Å². The van der Waals surface area contributed by atoms with Crippen LogP contribution in [0.3, 0.4) is 0 Å². The number of carbonyl (C=O) groups excluding carboxylic acids is 1. The van der Waals surface area contributed by atoms with E-state index in [-0.39, 0.29) is 23.9 Å². The van der Waals surface area contributed by atoms with E-state index in [9.17, 15) is 4.79 Å². The molecule has 1 aromatic rings. The molecule has 1 aliphatic carbocycles. The first-order chi connectivity index (χ1) is 9.09. The van der Waals surface area contributed by atoms with E-state index in [0.717, 1.165) is 25.7 Å². The number of hydrogen-bond acceptors (Lipinski definition) is 2. The summed E-state index contributed by atoms with van der Waals surface area (Å²) in [6.07, 6.45) is 4.16. The molecule has 0 bridgehead atoms. The van der Waals surface area contributed by atoms with Gasteiger partial charge in [-0.15, -0.1) is 0 Å². The van der Waals surface area contributed by atoms with Crippen LogP contribution in [0.15, 0.2) is 24.3 Å². The van der Waals surface area contributed by atoms with E-state index in [4.69, 9.17) is 5.73 Å². The molecule has 1 aromatic carbocycles. The minimum Gasteiger partial charge on any atom is -0.349 e. The molecule has 2 rings (SSSR count). The molecule has 0 aliphatic heterocycles. The van der Waals surface area contributed by atoms with Gasteiger partial charge in [0, 0.05) is 6.04 Å². The van der Waals surface area contributed by atoms with Crippen molar-refractivity contribution in [3.8, 4) is 0 Å². The lowest BCUT2D eigenvalue weighted by Gasteiger charge is -2.29. The molecule has 104 valence electrons. The van der Waals surface area contributed by atoms with E-state index >= 15 is 0 Å². The van der Waals surface area contributed by atoms with Crippen molar-refractivity contribution in [2.75, 3.05) is 0 Å². The Morgan fingerprint density at radius 3 is 2.68 bits per heavy atom. The highest BCUT2D eigenvalue weighted by molar-refractivity contribution is 5.80. The van der Waals surface area contributed by atoms with Gasteiger partial charge in [0.25, 0.3) is 0 Å². The Labute approximate surface area is 115 Å². The topological polar surface area (TPSA) is 55.1 Å². The van der Waals surface area contributed by atoms with Gasteiger partial charge in [-0.05, 0) is 37.8 Å². The summed E-state index contributed by atoms with van der Waals surface area (Å²) in [6.45, 7) is 4.11. The number of rotatable bonds is 3. The highest BCUT2D eigenvalue weighted by Crippen LogP contribution is 2.24. The molecule has 0 spiro atoms. The molecule has 0 aromatic heterocycles. The summed E-state index contributed by atoms with van der Waals surface area (Å²) in [5.74, 6) is 0.100. The van der Waals surface area contributed by atoms with Crippen molar-refractivity contribution < 1.29 is 4.79 Å². The monoisotopic (exact) mass is 260 g/mol. The zero-order valence-electron chi connectivity index (χ0n) is 11.9. The highest BCUT2D eigenvalue weighted by Gasteiger charge is 2.29. The van der Waals surface area contributed by atoms with Crippen LogP contribution in [0.4, 0.5) is 0 Å². The Hall–Kier alpha value is -1.35. The van der Waals surface area contributed by atoms with Crippen LogP contribution in [0.2, 0.25) is 0 Å². The lowest BCUT2D eigenvalue weighted by Crippen LogP contribution is -2.44. The van der Waals surface area contributed by atoms with Gasteiger partial charge in [0.15, 0.2) is 0 Å². The minimum atomic E-state index is -0.0137. The predicted octanol–water partition coefficient (Wildman–Crippen LogP) is 2.69. The smallest absolute Gasteiger partial charge is 0.225 e. The van der Waals surface area contributed by atoms with Gasteiger partial charge in [-0.3, -0.25) is 4.79 Å². The minimum absolute atomic E-state index is 0.0137. The van der Waals surface area contributed by atoms with Crippen molar-refractivity contribution in [2.45, 2.75) is 51.6 Å². The molecule has 19 heavy (non-hydrogen) atoms. The first-order valence-electron chi connectivity index (χ1n) is 7.21. The van der Waals surface area contributed by atoms with Gasteiger partial charge < -0.3 is 11.1 Å². The third kappa shape index (κ3) is 3.35. The predicted molar refractivity (Wildman–Crippen MR) is 77.7 cm³/mol. The highest BCUT2D eigenvalue weighted by atomic mass is 16.2. The fraction of sp³-hybridized carbons (Fsp3) is 0.562. The van der Waals surface area contributed by atoms with Gasteiger partial charge in [0.05, 0.1) is 12.0 Å². The van der Waals surface area contributed by atoms with Crippen molar-refractivity contribution in [1.29, 1.82) is 0 Å². The Bertz CT molecular complexity index is 444. The largest absolute Gasteiger partial charge is 0.349 e. The zero-order chi connectivity index (χ0) is 13.8. The number of nitrogens with two attached hydrogens (primary N) is 1. The molecule has 3 atom stereocenters. The van der Waals surface area contributed by atoms with E-state index in [2.05, 4.69) is 24.4 Å². The Morgan fingerprint density at radius 2 is 2.00 bits per heavy atom. The van der Waals surface area contributed by atoms with Crippen molar-refractivity contribution in [2.24, 2.45) is 11.7 Å². The van der Waals surface area contributed by atoms with Gasteiger partial charge in [-0.2, -0.15) is 0 Å². The van der Waals surface area contributed by atoms with Crippen LogP contribution in [0.5, 0.6) is 0 Å². The number of benzene rings is 1. The van der Waals surface area contributed by atoms with E-state index in [1.165, 1.54) is 11.1 Å². The van der Waals surface area contributed by atoms with Crippen LogP contribution in [-0.2, 0) is 4.79 Å². The second-order valence-electron chi connectivity index (χ2n) is 5.64. The molecule has 1 saturated carbocycles. The maximum absolute atomic E-state index is 12.3. The zero-order valence-corrected chi connectivity index (χ0v) is 11.9. The maximum Gasteiger partial charge on any atom is 0.225 e. The van der Waals surface area contributed by atoms with E-state index in [1.807, 2.05) is 19.1 Å². The third-order valence-electron chi connectivity index (χ3n) is 4.17. The summed E-state index contributed by atoms with van der Waals surface area (Å²) < 4.78 is 0. The first kappa shape index (κ1) is 14.1. The standard InChI is InChI=1S/C16H24N2O/c1-11-7-3-4-8-13(11)12(2)18-16(19)14-9-5-6-10-15(14)17/h3-4,7-8,12,14-15H,5-6,9-10,17H2,1-2H3,(H,18,19). The summed E-state index contributed by atoms with van der Waals surface area (Å²) in [6, 6.07) is 8.24. The van der Waals surface area contributed by atoms with E-state index in [0.29, 0.717) is 0 Å². The van der Waals surface area contributed by atoms with Gasteiger partial charge in [0.1, 0.15) is 0 Å². The molecule has 3 nitrogen and oxygen atoms in total. The number of nitrogens with one attached hydrogen (secondary N) is 1. The molecule has 0 saturated heterocycles. The van der Waals surface area contributed by atoms with Crippen LogP contribution in [-0.4, -0.2) is 11.9 Å². The van der Waals surface area contributed by atoms with E-state index < -0.39 is 0 Å². The molecule has 3 heteroatoms. The Morgan fingerprint density at radius 1 is 1.32 bits per heavy atom. The molecule has 1 amide bonds.